The highest BCUT2D eigenvalue weighted by molar-refractivity contribution is 5.53. The number of rotatable bonds is 7. The van der Waals surface area contributed by atoms with E-state index in [-0.39, 0.29) is 12.6 Å². The number of aliphatic hydroxyl groups excluding tert-OH is 1. The largest absolute Gasteiger partial charge is 0.395 e. The molecule has 0 saturated heterocycles. The third-order valence-electron chi connectivity index (χ3n) is 3.37. The predicted molar refractivity (Wildman–Crippen MR) is 82.9 cm³/mol. The average molecular weight is 264 g/mol. The summed E-state index contributed by atoms with van der Waals surface area (Å²) in [6.07, 6.45) is 0.943. The molecule has 1 rings (SSSR count). The summed E-state index contributed by atoms with van der Waals surface area (Å²) in [6.45, 7) is 9.61. The van der Waals surface area contributed by atoms with Gasteiger partial charge in [-0.25, -0.2) is 0 Å². The fraction of sp³-hybridized carbons (Fsp3) is 0.625. The van der Waals surface area contributed by atoms with E-state index in [2.05, 4.69) is 63.2 Å². The van der Waals surface area contributed by atoms with Crippen LogP contribution >= 0.6 is 0 Å². The molecule has 0 heterocycles. The molecule has 0 aliphatic heterocycles. The molecule has 2 N–H and O–H groups in total. The standard InChI is InChI=1S/C16H28N2O/c1-12(2)17-15(11-19)8-9-18(5)16-7-6-13(3)10-14(16)4/h6-7,10,12,15,17,19H,8-9,11H2,1-5H3. The highest BCUT2D eigenvalue weighted by Gasteiger charge is 2.11. The molecular weight excluding hydrogens is 236 g/mol. The molecule has 1 aromatic carbocycles. The quantitative estimate of drug-likeness (QED) is 0.794. The Hall–Kier alpha value is -1.06. The number of benzene rings is 1. The van der Waals surface area contributed by atoms with Crippen LogP contribution < -0.4 is 10.2 Å². The zero-order chi connectivity index (χ0) is 14.4. The van der Waals surface area contributed by atoms with Gasteiger partial charge in [0.05, 0.1) is 6.61 Å². The lowest BCUT2D eigenvalue weighted by molar-refractivity contribution is 0.229. The van der Waals surface area contributed by atoms with Crippen molar-refractivity contribution in [3.63, 3.8) is 0 Å². The Kier molecular flexibility index (Phi) is 6.32. The molecule has 0 radical (unpaired) electrons. The van der Waals surface area contributed by atoms with E-state index in [0.717, 1.165) is 13.0 Å². The molecule has 1 atom stereocenters. The van der Waals surface area contributed by atoms with Gasteiger partial charge in [-0.05, 0) is 31.9 Å². The van der Waals surface area contributed by atoms with Gasteiger partial charge in [-0.15, -0.1) is 0 Å². The van der Waals surface area contributed by atoms with Crippen molar-refractivity contribution in [1.29, 1.82) is 0 Å². The minimum Gasteiger partial charge on any atom is -0.395 e. The van der Waals surface area contributed by atoms with Crippen LogP contribution in [0.25, 0.3) is 0 Å². The first-order valence-corrected chi connectivity index (χ1v) is 7.09. The van der Waals surface area contributed by atoms with Crippen molar-refractivity contribution in [2.24, 2.45) is 0 Å². The number of hydrogen-bond acceptors (Lipinski definition) is 3. The van der Waals surface area contributed by atoms with Crippen LogP contribution in [0.4, 0.5) is 5.69 Å². The lowest BCUT2D eigenvalue weighted by Gasteiger charge is -2.25. The van der Waals surface area contributed by atoms with E-state index in [9.17, 15) is 5.11 Å². The first kappa shape index (κ1) is 16.0. The summed E-state index contributed by atoms with van der Waals surface area (Å²) in [6, 6.07) is 7.11. The minimum atomic E-state index is 0.174. The van der Waals surface area contributed by atoms with Gasteiger partial charge in [0.2, 0.25) is 0 Å². The molecule has 1 aromatic rings. The summed E-state index contributed by atoms with van der Waals surface area (Å²) in [7, 11) is 2.11. The fourth-order valence-electron chi connectivity index (χ4n) is 2.40. The Labute approximate surface area is 117 Å². The van der Waals surface area contributed by atoms with Gasteiger partial charge >= 0.3 is 0 Å². The Morgan fingerprint density at radius 1 is 1.26 bits per heavy atom. The third kappa shape index (κ3) is 5.21. The normalized spacial score (nSPS) is 12.8. The highest BCUT2D eigenvalue weighted by atomic mass is 16.3. The van der Waals surface area contributed by atoms with E-state index < -0.39 is 0 Å². The van der Waals surface area contributed by atoms with E-state index in [0.29, 0.717) is 6.04 Å². The Morgan fingerprint density at radius 3 is 2.47 bits per heavy atom. The molecule has 0 fully saturated rings. The maximum absolute atomic E-state index is 9.37. The summed E-state index contributed by atoms with van der Waals surface area (Å²) in [4.78, 5) is 2.26. The van der Waals surface area contributed by atoms with E-state index in [1.54, 1.807) is 0 Å². The third-order valence-corrected chi connectivity index (χ3v) is 3.37. The monoisotopic (exact) mass is 264 g/mol. The summed E-state index contributed by atoms with van der Waals surface area (Å²) in [5, 5.41) is 12.8. The molecule has 0 bridgehead atoms. The summed E-state index contributed by atoms with van der Waals surface area (Å²) < 4.78 is 0. The molecular formula is C16H28N2O. The molecule has 0 spiro atoms. The van der Waals surface area contributed by atoms with Crippen LogP contribution in [0.3, 0.4) is 0 Å². The van der Waals surface area contributed by atoms with Gasteiger partial charge in [0.1, 0.15) is 0 Å². The molecule has 108 valence electrons. The van der Waals surface area contributed by atoms with E-state index in [1.807, 2.05) is 0 Å². The number of anilines is 1. The van der Waals surface area contributed by atoms with Crippen molar-refractivity contribution in [2.75, 3.05) is 25.1 Å². The zero-order valence-corrected chi connectivity index (χ0v) is 12.9. The minimum absolute atomic E-state index is 0.174. The molecule has 3 heteroatoms. The van der Waals surface area contributed by atoms with Gasteiger partial charge < -0.3 is 15.3 Å². The number of aliphatic hydroxyl groups is 1. The lowest BCUT2D eigenvalue weighted by Crippen LogP contribution is -2.39. The molecule has 0 aromatic heterocycles. The Bertz CT molecular complexity index is 390. The molecule has 0 aliphatic rings. The second-order valence-corrected chi connectivity index (χ2v) is 5.70. The van der Waals surface area contributed by atoms with Crippen LogP contribution in [0.5, 0.6) is 0 Å². The molecule has 3 nitrogen and oxygen atoms in total. The van der Waals surface area contributed by atoms with Gasteiger partial charge in [-0.3, -0.25) is 0 Å². The van der Waals surface area contributed by atoms with Crippen molar-refractivity contribution in [1.82, 2.24) is 5.32 Å². The molecule has 0 aliphatic carbocycles. The van der Waals surface area contributed by atoms with E-state index >= 15 is 0 Å². The second-order valence-electron chi connectivity index (χ2n) is 5.70. The highest BCUT2D eigenvalue weighted by Crippen LogP contribution is 2.20. The molecule has 0 saturated carbocycles. The van der Waals surface area contributed by atoms with Crippen molar-refractivity contribution in [3.8, 4) is 0 Å². The van der Waals surface area contributed by atoms with Crippen LogP contribution in [0.1, 0.15) is 31.4 Å². The summed E-state index contributed by atoms with van der Waals surface area (Å²) in [5.41, 5.74) is 3.87. The molecule has 0 amide bonds. The molecule has 19 heavy (non-hydrogen) atoms. The maximum atomic E-state index is 9.37. The SMILES string of the molecule is Cc1ccc(N(C)CCC(CO)NC(C)C)c(C)c1. The predicted octanol–water partition coefficient (Wildman–Crippen LogP) is 2.49. The number of nitrogens with one attached hydrogen (secondary N) is 1. The average Bonchev–Trinajstić information content (AvgIpc) is 2.33. The Balaban J connectivity index is 2.56. The van der Waals surface area contributed by atoms with Crippen LogP contribution in [0.15, 0.2) is 18.2 Å². The van der Waals surface area contributed by atoms with Crippen molar-refractivity contribution in [2.45, 2.75) is 46.2 Å². The van der Waals surface area contributed by atoms with Crippen LogP contribution in [0, 0.1) is 13.8 Å². The smallest absolute Gasteiger partial charge is 0.0585 e. The van der Waals surface area contributed by atoms with Crippen molar-refractivity contribution < 1.29 is 5.11 Å². The number of hydrogen-bond donors (Lipinski definition) is 2. The fourth-order valence-corrected chi connectivity index (χ4v) is 2.40. The van der Waals surface area contributed by atoms with Gasteiger partial charge in [-0.1, -0.05) is 31.5 Å². The van der Waals surface area contributed by atoms with E-state index in [1.165, 1.54) is 16.8 Å². The Morgan fingerprint density at radius 2 is 1.95 bits per heavy atom. The van der Waals surface area contributed by atoms with Crippen molar-refractivity contribution >= 4 is 5.69 Å². The summed E-state index contributed by atoms with van der Waals surface area (Å²) in [5.74, 6) is 0. The molecule has 1 unspecified atom stereocenters. The second kappa shape index (κ2) is 7.51. The number of nitrogens with zero attached hydrogens (tertiary/aromatic N) is 1. The first-order chi connectivity index (χ1) is 8.93. The van der Waals surface area contributed by atoms with Gasteiger partial charge in [0.25, 0.3) is 0 Å². The first-order valence-electron chi connectivity index (χ1n) is 7.09. The maximum Gasteiger partial charge on any atom is 0.0585 e. The topological polar surface area (TPSA) is 35.5 Å². The van der Waals surface area contributed by atoms with Crippen molar-refractivity contribution in [3.05, 3.63) is 29.3 Å². The van der Waals surface area contributed by atoms with Crippen LogP contribution in [0.2, 0.25) is 0 Å². The van der Waals surface area contributed by atoms with Gasteiger partial charge in [0.15, 0.2) is 0 Å². The van der Waals surface area contributed by atoms with Gasteiger partial charge in [0, 0.05) is 31.4 Å². The van der Waals surface area contributed by atoms with Crippen LogP contribution in [-0.2, 0) is 0 Å². The van der Waals surface area contributed by atoms with Crippen LogP contribution in [-0.4, -0.2) is 37.4 Å². The number of aryl methyl sites for hydroxylation is 2. The summed E-state index contributed by atoms with van der Waals surface area (Å²) >= 11 is 0. The van der Waals surface area contributed by atoms with Gasteiger partial charge in [-0.2, -0.15) is 0 Å². The van der Waals surface area contributed by atoms with E-state index in [4.69, 9.17) is 0 Å². The zero-order valence-electron chi connectivity index (χ0n) is 12.9. The lowest BCUT2D eigenvalue weighted by atomic mass is 10.1.